The standard InChI is InChI=1S/C24H25N3O2/c1-3-7-19(24(28)29)21-15(2)26-23(16-8-5-4-6-9-16)27-22(21)18-10-11-20-17(14-18)12-13-25-20/h4-6,8-11,14,19,25H,3,7,12-13H2,1-2H3,(H,28,29). The Morgan fingerprint density at radius 1 is 1.14 bits per heavy atom. The Bertz CT molecular complexity index is 1050. The van der Waals surface area contributed by atoms with Crippen LogP contribution in [-0.4, -0.2) is 27.6 Å². The summed E-state index contributed by atoms with van der Waals surface area (Å²) in [4.78, 5) is 21.7. The number of nitrogens with zero attached hydrogens (tertiary/aromatic N) is 2. The summed E-state index contributed by atoms with van der Waals surface area (Å²) in [6.07, 6.45) is 2.31. The molecule has 3 aromatic rings. The molecule has 2 aromatic carbocycles. The minimum absolute atomic E-state index is 0.559. The lowest BCUT2D eigenvalue weighted by Crippen LogP contribution is -2.16. The predicted octanol–water partition coefficient (Wildman–Crippen LogP) is 5.06. The fourth-order valence-corrected chi connectivity index (χ4v) is 4.07. The molecule has 1 unspecified atom stereocenters. The third kappa shape index (κ3) is 3.73. The summed E-state index contributed by atoms with van der Waals surface area (Å²) >= 11 is 0. The van der Waals surface area contributed by atoms with Gasteiger partial charge in [0.2, 0.25) is 0 Å². The van der Waals surface area contributed by atoms with Crippen molar-refractivity contribution in [3.05, 3.63) is 65.4 Å². The fraction of sp³-hybridized carbons (Fsp3) is 0.292. The lowest BCUT2D eigenvalue weighted by atomic mass is 9.89. The van der Waals surface area contributed by atoms with Crippen LogP contribution in [0.2, 0.25) is 0 Å². The summed E-state index contributed by atoms with van der Waals surface area (Å²) < 4.78 is 0. The molecule has 0 spiro atoms. The number of carboxylic acid groups (broad SMARTS) is 1. The van der Waals surface area contributed by atoms with Crippen molar-refractivity contribution < 1.29 is 9.90 Å². The summed E-state index contributed by atoms with van der Waals surface area (Å²) in [6.45, 7) is 4.83. The molecule has 148 valence electrons. The van der Waals surface area contributed by atoms with E-state index in [1.54, 1.807) is 0 Å². The number of nitrogens with one attached hydrogen (secondary N) is 1. The molecule has 5 heteroatoms. The normalized spacial score (nSPS) is 13.6. The summed E-state index contributed by atoms with van der Waals surface area (Å²) in [6, 6.07) is 16.1. The third-order valence-electron chi connectivity index (χ3n) is 5.48. The van der Waals surface area contributed by atoms with E-state index in [4.69, 9.17) is 9.97 Å². The van der Waals surface area contributed by atoms with Crippen LogP contribution in [0.15, 0.2) is 48.5 Å². The summed E-state index contributed by atoms with van der Waals surface area (Å²) in [5, 5.41) is 13.3. The molecule has 0 saturated heterocycles. The van der Waals surface area contributed by atoms with E-state index in [0.717, 1.165) is 53.2 Å². The molecule has 1 aliphatic rings. The summed E-state index contributed by atoms with van der Waals surface area (Å²) in [7, 11) is 0. The van der Waals surface area contributed by atoms with Crippen LogP contribution in [0.3, 0.4) is 0 Å². The van der Waals surface area contributed by atoms with Gasteiger partial charge in [-0.25, -0.2) is 9.97 Å². The van der Waals surface area contributed by atoms with Crippen molar-refractivity contribution in [1.29, 1.82) is 0 Å². The zero-order chi connectivity index (χ0) is 20.4. The number of carboxylic acids is 1. The van der Waals surface area contributed by atoms with Crippen LogP contribution in [0.25, 0.3) is 22.6 Å². The molecule has 1 aromatic heterocycles. The van der Waals surface area contributed by atoms with Gasteiger partial charge in [-0.05, 0) is 37.5 Å². The molecule has 5 nitrogen and oxygen atoms in total. The van der Waals surface area contributed by atoms with Crippen molar-refractivity contribution in [3.8, 4) is 22.6 Å². The van der Waals surface area contributed by atoms with Crippen molar-refractivity contribution in [2.45, 2.75) is 39.0 Å². The second-order valence-electron chi connectivity index (χ2n) is 7.49. The van der Waals surface area contributed by atoms with E-state index < -0.39 is 11.9 Å². The van der Waals surface area contributed by atoms with Gasteiger partial charge in [0.1, 0.15) is 0 Å². The number of aliphatic carboxylic acids is 1. The number of carbonyl (C=O) groups is 1. The Labute approximate surface area is 170 Å². The molecule has 1 aliphatic heterocycles. The molecule has 0 radical (unpaired) electrons. The van der Waals surface area contributed by atoms with Crippen LogP contribution in [0.1, 0.15) is 42.5 Å². The fourth-order valence-electron chi connectivity index (χ4n) is 4.07. The SMILES string of the molecule is CCCC(C(=O)O)c1c(C)nc(-c2ccccc2)nc1-c1ccc2c(c1)CCN2. The highest BCUT2D eigenvalue weighted by Gasteiger charge is 2.27. The molecule has 2 heterocycles. The first-order chi connectivity index (χ1) is 14.1. The maximum atomic E-state index is 12.1. The Hall–Kier alpha value is -3.21. The van der Waals surface area contributed by atoms with Crippen LogP contribution in [0, 0.1) is 6.92 Å². The lowest BCUT2D eigenvalue weighted by Gasteiger charge is -2.19. The first-order valence-electron chi connectivity index (χ1n) is 10.1. The first-order valence-corrected chi connectivity index (χ1v) is 10.1. The van der Waals surface area contributed by atoms with Crippen molar-refractivity contribution in [1.82, 2.24) is 9.97 Å². The minimum atomic E-state index is -0.824. The Kier molecular flexibility index (Phi) is 5.30. The number of anilines is 1. The maximum absolute atomic E-state index is 12.1. The van der Waals surface area contributed by atoms with Crippen molar-refractivity contribution >= 4 is 11.7 Å². The zero-order valence-corrected chi connectivity index (χ0v) is 16.8. The van der Waals surface area contributed by atoms with Gasteiger partial charge in [0.05, 0.1) is 11.6 Å². The average Bonchev–Trinajstić information content (AvgIpc) is 3.20. The molecule has 4 rings (SSSR count). The quantitative estimate of drug-likeness (QED) is 0.619. The van der Waals surface area contributed by atoms with Crippen molar-refractivity contribution in [2.24, 2.45) is 0 Å². The Morgan fingerprint density at radius 3 is 2.66 bits per heavy atom. The van der Waals surface area contributed by atoms with E-state index in [9.17, 15) is 9.90 Å². The van der Waals surface area contributed by atoms with Gasteiger partial charge >= 0.3 is 5.97 Å². The molecule has 1 atom stereocenters. The number of aryl methyl sites for hydroxylation is 1. The molecule has 2 N–H and O–H groups in total. The van der Waals surface area contributed by atoms with Gasteiger partial charge in [-0.1, -0.05) is 49.7 Å². The number of aromatic nitrogens is 2. The van der Waals surface area contributed by atoms with E-state index >= 15 is 0 Å². The van der Waals surface area contributed by atoms with Gasteiger partial charge in [-0.2, -0.15) is 0 Å². The minimum Gasteiger partial charge on any atom is -0.481 e. The van der Waals surface area contributed by atoms with Crippen LogP contribution in [-0.2, 0) is 11.2 Å². The number of hydrogen-bond donors (Lipinski definition) is 2. The van der Waals surface area contributed by atoms with Crippen molar-refractivity contribution in [3.63, 3.8) is 0 Å². The van der Waals surface area contributed by atoms with E-state index in [1.165, 1.54) is 5.56 Å². The first kappa shape index (κ1) is 19.1. The molecule has 0 saturated carbocycles. The molecule has 0 fully saturated rings. The molecular formula is C24H25N3O2. The molecule has 0 bridgehead atoms. The van der Waals surface area contributed by atoms with Crippen molar-refractivity contribution in [2.75, 3.05) is 11.9 Å². The molecule has 29 heavy (non-hydrogen) atoms. The van der Waals surface area contributed by atoms with Gasteiger partial charge < -0.3 is 10.4 Å². The number of fused-ring (bicyclic) bond motifs is 1. The number of benzene rings is 2. The second kappa shape index (κ2) is 8.03. The highest BCUT2D eigenvalue weighted by Crippen LogP contribution is 2.36. The van der Waals surface area contributed by atoms with Gasteiger partial charge in [0, 0.05) is 34.6 Å². The van der Waals surface area contributed by atoms with Crippen LogP contribution in [0.5, 0.6) is 0 Å². The highest BCUT2D eigenvalue weighted by molar-refractivity contribution is 5.82. The topological polar surface area (TPSA) is 75.1 Å². The molecule has 0 amide bonds. The van der Waals surface area contributed by atoms with Gasteiger partial charge in [-0.15, -0.1) is 0 Å². The van der Waals surface area contributed by atoms with Crippen LogP contribution in [0.4, 0.5) is 5.69 Å². The number of rotatable bonds is 6. The average molecular weight is 387 g/mol. The Balaban J connectivity index is 1.94. The van der Waals surface area contributed by atoms with E-state index in [2.05, 4.69) is 17.4 Å². The van der Waals surface area contributed by atoms with Gasteiger partial charge in [0.15, 0.2) is 5.82 Å². The van der Waals surface area contributed by atoms with E-state index in [-0.39, 0.29) is 0 Å². The summed E-state index contributed by atoms with van der Waals surface area (Å²) in [5.41, 5.74) is 6.45. The zero-order valence-electron chi connectivity index (χ0n) is 16.8. The summed E-state index contributed by atoms with van der Waals surface area (Å²) in [5.74, 6) is -0.817. The highest BCUT2D eigenvalue weighted by atomic mass is 16.4. The monoisotopic (exact) mass is 387 g/mol. The van der Waals surface area contributed by atoms with Gasteiger partial charge in [0.25, 0.3) is 0 Å². The van der Waals surface area contributed by atoms with Crippen LogP contribution >= 0.6 is 0 Å². The number of hydrogen-bond acceptors (Lipinski definition) is 4. The van der Waals surface area contributed by atoms with E-state index in [1.807, 2.05) is 50.2 Å². The second-order valence-corrected chi connectivity index (χ2v) is 7.49. The van der Waals surface area contributed by atoms with Crippen LogP contribution < -0.4 is 5.32 Å². The largest absolute Gasteiger partial charge is 0.481 e. The molecular weight excluding hydrogens is 362 g/mol. The third-order valence-corrected chi connectivity index (χ3v) is 5.48. The maximum Gasteiger partial charge on any atom is 0.311 e. The smallest absolute Gasteiger partial charge is 0.311 e. The molecule has 0 aliphatic carbocycles. The lowest BCUT2D eigenvalue weighted by molar-refractivity contribution is -0.139. The predicted molar refractivity (Wildman–Crippen MR) is 115 cm³/mol. The van der Waals surface area contributed by atoms with E-state index in [0.29, 0.717) is 12.2 Å². The Morgan fingerprint density at radius 2 is 1.93 bits per heavy atom. The van der Waals surface area contributed by atoms with Gasteiger partial charge in [-0.3, -0.25) is 4.79 Å².